The van der Waals surface area contributed by atoms with Crippen LogP contribution in [0.2, 0.25) is 0 Å². The van der Waals surface area contributed by atoms with Crippen molar-refractivity contribution in [3.8, 4) is 0 Å². The van der Waals surface area contributed by atoms with Crippen LogP contribution >= 0.6 is 11.6 Å². The van der Waals surface area contributed by atoms with Gasteiger partial charge in [0.25, 0.3) is 0 Å². The SMILES string of the molecule is C=C(Cl)CN(C)C1CCCCC1CN. The molecule has 1 aliphatic rings. The highest BCUT2D eigenvalue weighted by Gasteiger charge is 2.26. The van der Waals surface area contributed by atoms with Gasteiger partial charge >= 0.3 is 0 Å². The molecular weight excluding hydrogens is 196 g/mol. The van der Waals surface area contributed by atoms with Gasteiger partial charge in [-0.05, 0) is 32.4 Å². The first-order valence-electron chi connectivity index (χ1n) is 5.38. The Morgan fingerprint density at radius 2 is 2.14 bits per heavy atom. The maximum absolute atomic E-state index is 5.82. The molecule has 0 aromatic carbocycles. The highest BCUT2D eigenvalue weighted by molar-refractivity contribution is 6.29. The quantitative estimate of drug-likeness (QED) is 0.781. The Labute approximate surface area is 92.1 Å². The van der Waals surface area contributed by atoms with Gasteiger partial charge in [0.05, 0.1) is 0 Å². The zero-order valence-electron chi connectivity index (χ0n) is 9.01. The van der Waals surface area contributed by atoms with Gasteiger partial charge in [0.15, 0.2) is 0 Å². The summed E-state index contributed by atoms with van der Waals surface area (Å²) in [4.78, 5) is 2.30. The van der Waals surface area contributed by atoms with E-state index in [1.54, 1.807) is 0 Å². The molecule has 2 N–H and O–H groups in total. The molecule has 0 heterocycles. The van der Waals surface area contributed by atoms with E-state index in [4.69, 9.17) is 17.3 Å². The first kappa shape index (κ1) is 12.0. The molecule has 2 atom stereocenters. The van der Waals surface area contributed by atoms with Gasteiger partial charge in [0, 0.05) is 17.6 Å². The maximum Gasteiger partial charge on any atom is 0.0335 e. The monoisotopic (exact) mass is 216 g/mol. The molecule has 14 heavy (non-hydrogen) atoms. The van der Waals surface area contributed by atoms with Crippen molar-refractivity contribution in [1.82, 2.24) is 4.90 Å². The Morgan fingerprint density at radius 1 is 1.50 bits per heavy atom. The summed E-state index contributed by atoms with van der Waals surface area (Å²) in [5.74, 6) is 0.643. The van der Waals surface area contributed by atoms with Crippen LogP contribution in [0.5, 0.6) is 0 Å². The molecule has 1 aliphatic carbocycles. The van der Waals surface area contributed by atoms with Crippen LogP contribution in [0.4, 0.5) is 0 Å². The number of rotatable bonds is 4. The largest absolute Gasteiger partial charge is 0.330 e. The van der Waals surface area contributed by atoms with Gasteiger partial charge in [0.2, 0.25) is 0 Å². The van der Waals surface area contributed by atoms with E-state index in [1.165, 1.54) is 25.7 Å². The highest BCUT2D eigenvalue weighted by atomic mass is 35.5. The second-order valence-corrected chi connectivity index (χ2v) is 4.81. The highest BCUT2D eigenvalue weighted by Crippen LogP contribution is 2.27. The fraction of sp³-hybridized carbons (Fsp3) is 0.818. The molecule has 2 nitrogen and oxygen atoms in total. The minimum Gasteiger partial charge on any atom is -0.330 e. The van der Waals surface area contributed by atoms with Crippen molar-refractivity contribution in [3.63, 3.8) is 0 Å². The summed E-state index contributed by atoms with van der Waals surface area (Å²) in [7, 11) is 2.12. The van der Waals surface area contributed by atoms with Gasteiger partial charge in [-0.2, -0.15) is 0 Å². The Hall–Kier alpha value is -0.0500. The van der Waals surface area contributed by atoms with Crippen molar-refractivity contribution in [2.45, 2.75) is 31.7 Å². The summed E-state index contributed by atoms with van der Waals surface area (Å²) < 4.78 is 0. The lowest BCUT2D eigenvalue weighted by Crippen LogP contribution is -2.43. The van der Waals surface area contributed by atoms with E-state index in [1.807, 2.05) is 0 Å². The molecule has 1 saturated carbocycles. The second-order valence-electron chi connectivity index (χ2n) is 4.28. The van der Waals surface area contributed by atoms with Gasteiger partial charge in [-0.25, -0.2) is 0 Å². The molecule has 0 aromatic heterocycles. The van der Waals surface area contributed by atoms with E-state index in [-0.39, 0.29) is 0 Å². The van der Waals surface area contributed by atoms with E-state index in [0.29, 0.717) is 17.0 Å². The lowest BCUT2D eigenvalue weighted by molar-refractivity contribution is 0.145. The summed E-state index contributed by atoms with van der Waals surface area (Å²) >= 11 is 5.82. The molecule has 0 aliphatic heterocycles. The first-order chi connectivity index (χ1) is 6.65. The van der Waals surface area contributed by atoms with E-state index < -0.39 is 0 Å². The summed E-state index contributed by atoms with van der Waals surface area (Å²) in [6, 6.07) is 0.601. The van der Waals surface area contributed by atoms with E-state index >= 15 is 0 Å². The molecule has 0 amide bonds. The molecule has 0 saturated heterocycles. The number of likely N-dealkylation sites (N-methyl/N-ethyl adjacent to an activating group) is 1. The third-order valence-corrected chi connectivity index (χ3v) is 3.28. The maximum atomic E-state index is 5.82. The third-order valence-electron chi connectivity index (χ3n) is 3.16. The lowest BCUT2D eigenvalue weighted by Gasteiger charge is -2.37. The zero-order chi connectivity index (χ0) is 10.6. The third kappa shape index (κ3) is 3.26. The summed E-state index contributed by atoms with van der Waals surface area (Å²) in [5, 5.41) is 0.717. The summed E-state index contributed by atoms with van der Waals surface area (Å²) in [6.45, 7) is 5.31. The number of hydrogen-bond acceptors (Lipinski definition) is 2. The molecule has 2 unspecified atom stereocenters. The normalized spacial score (nSPS) is 28.0. The van der Waals surface area contributed by atoms with Crippen LogP contribution in [-0.2, 0) is 0 Å². The Morgan fingerprint density at radius 3 is 2.71 bits per heavy atom. The Balaban J connectivity index is 2.49. The van der Waals surface area contributed by atoms with Crippen LogP contribution in [0.3, 0.4) is 0 Å². The van der Waals surface area contributed by atoms with Crippen molar-refractivity contribution < 1.29 is 0 Å². The molecule has 3 heteroatoms. The summed E-state index contributed by atoms with van der Waals surface area (Å²) in [6.07, 6.45) is 5.16. The molecule has 1 rings (SSSR count). The standard InChI is InChI=1S/C11H21ClN2/c1-9(12)8-14(2)11-6-4-3-5-10(11)7-13/h10-11H,1,3-8,13H2,2H3. The van der Waals surface area contributed by atoms with Gasteiger partial charge in [-0.3, -0.25) is 4.90 Å². The van der Waals surface area contributed by atoms with Crippen LogP contribution in [0, 0.1) is 5.92 Å². The van der Waals surface area contributed by atoms with Crippen molar-refractivity contribution in [2.24, 2.45) is 11.7 Å². The van der Waals surface area contributed by atoms with Crippen LogP contribution < -0.4 is 5.73 Å². The summed E-state index contributed by atoms with van der Waals surface area (Å²) in [5.41, 5.74) is 5.78. The van der Waals surface area contributed by atoms with E-state index in [0.717, 1.165) is 13.1 Å². The first-order valence-corrected chi connectivity index (χ1v) is 5.76. The smallest absolute Gasteiger partial charge is 0.0335 e. The van der Waals surface area contributed by atoms with Crippen molar-refractivity contribution in [1.29, 1.82) is 0 Å². The van der Waals surface area contributed by atoms with Crippen molar-refractivity contribution in [2.75, 3.05) is 20.1 Å². The number of hydrogen-bond donors (Lipinski definition) is 1. The molecule has 0 radical (unpaired) electrons. The van der Waals surface area contributed by atoms with Gasteiger partial charge in [0.1, 0.15) is 0 Å². The fourth-order valence-corrected chi connectivity index (χ4v) is 2.62. The predicted octanol–water partition coefficient (Wildman–Crippen LogP) is 2.19. The minimum absolute atomic E-state index is 0.601. The van der Waals surface area contributed by atoms with Crippen molar-refractivity contribution >= 4 is 11.6 Å². The predicted molar refractivity (Wildman–Crippen MR) is 62.4 cm³/mol. The van der Waals surface area contributed by atoms with Crippen LogP contribution in [0.1, 0.15) is 25.7 Å². The Bertz CT molecular complexity index is 194. The Kier molecular flexibility index (Phi) is 4.93. The zero-order valence-corrected chi connectivity index (χ0v) is 9.76. The molecular formula is C11H21ClN2. The van der Waals surface area contributed by atoms with Gasteiger partial charge in [-0.15, -0.1) is 0 Å². The van der Waals surface area contributed by atoms with Crippen LogP contribution in [0.15, 0.2) is 11.6 Å². The van der Waals surface area contributed by atoms with Gasteiger partial charge in [-0.1, -0.05) is 31.0 Å². The molecule has 0 aromatic rings. The molecule has 1 fully saturated rings. The number of nitrogens with two attached hydrogens (primary N) is 1. The number of halogens is 1. The molecule has 0 bridgehead atoms. The van der Waals surface area contributed by atoms with E-state index in [9.17, 15) is 0 Å². The average molecular weight is 217 g/mol. The topological polar surface area (TPSA) is 29.3 Å². The van der Waals surface area contributed by atoms with Crippen molar-refractivity contribution in [3.05, 3.63) is 11.6 Å². The lowest BCUT2D eigenvalue weighted by atomic mass is 9.84. The molecule has 0 spiro atoms. The van der Waals surface area contributed by atoms with E-state index in [2.05, 4.69) is 18.5 Å². The fourth-order valence-electron chi connectivity index (χ4n) is 2.43. The molecule has 82 valence electrons. The average Bonchev–Trinajstić information content (AvgIpc) is 2.16. The van der Waals surface area contributed by atoms with Crippen LogP contribution in [-0.4, -0.2) is 31.1 Å². The minimum atomic E-state index is 0.601. The van der Waals surface area contributed by atoms with Crippen LogP contribution in [0.25, 0.3) is 0 Å². The second kappa shape index (κ2) is 5.74. The van der Waals surface area contributed by atoms with Gasteiger partial charge < -0.3 is 5.73 Å². The number of nitrogens with zero attached hydrogens (tertiary/aromatic N) is 1.